The molecule has 0 aliphatic rings. The smallest absolute Gasteiger partial charge is 0.349 e. The fourth-order valence-corrected chi connectivity index (χ4v) is 6.17. The number of benzene rings is 2. The van der Waals surface area contributed by atoms with Gasteiger partial charge in [-0.05, 0) is 87.0 Å². The second kappa shape index (κ2) is 12.6. The molecule has 0 aliphatic heterocycles. The van der Waals surface area contributed by atoms with Crippen LogP contribution in [-0.2, 0) is 24.2 Å². The topological polar surface area (TPSA) is 95.7 Å². The summed E-state index contributed by atoms with van der Waals surface area (Å²) in [7, 11) is 3.02. The summed E-state index contributed by atoms with van der Waals surface area (Å²) >= 11 is 6.97. The predicted octanol–water partition coefficient (Wildman–Crippen LogP) is 7.36. The molecule has 0 saturated carbocycles. The number of carbonyl (C=O) groups is 1. The molecular formula is C30H33Br2N3O5. The van der Waals surface area contributed by atoms with Crippen molar-refractivity contribution in [3.8, 4) is 17.2 Å². The number of carboxylic acids is 1. The molecule has 212 valence electrons. The van der Waals surface area contributed by atoms with E-state index in [1.165, 1.54) is 14.2 Å². The highest BCUT2D eigenvalue weighted by Gasteiger charge is 2.30. The zero-order valence-corrected chi connectivity index (χ0v) is 26.6. The maximum Gasteiger partial charge on any atom is 0.349 e. The second-order valence-electron chi connectivity index (χ2n) is 9.58. The van der Waals surface area contributed by atoms with Crippen LogP contribution in [0.4, 0.5) is 0 Å². The molecule has 0 spiro atoms. The lowest BCUT2D eigenvalue weighted by atomic mass is 10.0. The average Bonchev–Trinajstić information content (AvgIpc) is 3.26. The van der Waals surface area contributed by atoms with Gasteiger partial charge in [-0.15, -0.1) is 0 Å². The van der Waals surface area contributed by atoms with E-state index in [4.69, 9.17) is 24.2 Å². The number of ether oxygens (including phenoxy) is 3. The first-order chi connectivity index (χ1) is 19.1. The SMILES string of the molecule is CCCc1cc(Cn2c(CC)nc3c(C)cc(C)nc32)ccc1OC(C(=O)O)c1cc(Br)c(OC)c(OC)c1Br. The number of imidazole rings is 1. The molecule has 2 aromatic carbocycles. The third-order valence-corrected chi connectivity index (χ3v) is 8.13. The summed E-state index contributed by atoms with van der Waals surface area (Å²) in [4.78, 5) is 22.1. The minimum atomic E-state index is -1.29. The summed E-state index contributed by atoms with van der Waals surface area (Å²) in [5.41, 5.74) is 6.26. The number of halogens is 2. The summed E-state index contributed by atoms with van der Waals surface area (Å²) < 4.78 is 20.3. The van der Waals surface area contributed by atoms with Crippen molar-refractivity contribution in [1.29, 1.82) is 0 Å². The quantitative estimate of drug-likeness (QED) is 0.178. The highest BCUT2D eigenvalue weighted by atomic mass is 79.9. The van der Waals surface area contributed by atoms with Gasteiger partial charge in [0.05, 0.1) is 29.7 Å². The summed E-state index contributed by atoms with van der Waals surface area (Å²) in [6.45, 7) is 8.84. The number of pyridine rings is 1. The number of carboxylic acid groups (broad SMARTS) is 1. The molecule has 0 amide bonds. The Balaban J connectivity index is 1.73. The van der Waals surface area contributed by atoms with E-state index in [1.807, 2.05) is 19.1 Å². The zero-order valence-electron chi connectivity index (χ0n) is 23.5. The molecule has 8 nitrogen and oxygen atoms in total. The standard InChI is InChI=1S/C30H33Br2N3O5/c1-7-9-19-13-18(15-35-23(8-2)34-25-16(3)12-17(4)33-29(25)35)10-11-22(19)40-26(30(36)37)20-14-21(31)27(38-5)28(39-6)24(20)32/h10-14,26H,7-9,15H2,1-6H3,(H,36,37). The molecule has 1 unspecified atom stereocenters. The van der Waals surface area contributed by atoms with Crippen molar-refractivity contribution in [2.75, 3.05) is 14.2 Å². The fourth-order valence-electron chi connectivity index (χ4n) is 4.92. The van der Waals surface area contributed by atoms with Gasteiger partial charge in [-0.25, -0.2) is 14.8 Å². The van der Waals surface area contributed by atoms with E-state index in [2.05, 4.69) is 69.3 Å². The minimum absolute atomic E-state index is 0.379. The Labute approximate surface area is 250 Å². The Bertz CT molecular complexity index is 1570. The van der Waals surface area contributed by atoms with Gasteiger partial charge in [0.1, 0.15) is 17.1 Å². The van der Waals surface area contributed by atoms with Gasteiger partial charge < -0.3 is 23.9 Å². The number of nitrogens with zero attached hydrogens (tertiary/aromatic N) is 3. The van der Waals surface area contributed by atoms with Crippen LogP contribution in [0.25, 0.3) is 11.2 Å². The van der Waals surface area contributed by atoms with E-state index in [-0.39, 0.29) is 0 Å². The number of rotatable bonds is 11. The Morgan fingerprint density at radius 2 is 1.77 bits per heavy atom. The molecule has 40 heavy (non-hydrogen) atoms. The van der Waals surface area contributed by atoms with Gasteiger partial charge in [0.25, 0.3) is 0 Å². The van der Waals surface area contributed by atoms with Crippen LogP contribution in [-0.4, -0.2) is 39.8 Å². The molecule has 4 rings (SSSR count). The third-order valence-electron chi connectivity index (χ3n) is 6.72. The Kier molecular flexibility index (Phi) is 9.41. The molecule has 0 bridgehead atoms. The minimum Gasteiger partial charge on any atom is -0.492 e. The Morgan fingerprint density at radius 1 is 1.05 bits per heavy atom. The number of fused-ring (bicyclic) bond motifs is 1. The molecule has 4 aromatic rings. The highest BCUT2D eigenvalue weighted by molar-refractivity contribution is 9.11. The highest BCUT2D eigenvalue weighted by Crippen LogP contribution is 2.46. The molecular weight excluding hydrogens is 642 g/mol. The first-order valence-electron chi connectivity index (χ1n) is 13.1. The summed E-state index contributed by atoms with van der Waals surface area (Å²) in [5.74, 6) is 1.21. The molecule has 2 aromatic heterocycles. The monoisotopic (exact) mass is 673 g/mol. The Morgan fingerprint density at radius 3 is 2.40 bits per heavy atom. The molecule has 0 fully saturated rings. The van der Waals surface area contributed by atoms with Crippen LogP contribution in [0.5, 0.6) is 17.2 Å². The number of aryl methyl sites for hydroxylation is 4. The summed E-state index contributed by atoms with van der Waals surface area (Å²) in [5, 5.41) is 10.2. The van der Waals surface area contributed by atoms with E-state index in [0.29, 0.717) is 38.3 Å². The van der Waals surface area contributed by atoms with Gasteiger partial charge in [0.15, 0.2) is 17.1 Å². The molecule has 0 aliphatic carbocycles. The van der Waals surface area contributed by atoms with Crippen molar-refractivity contribution in [2.45, 2.75) is 59.6 Å². The van der Waals surface area contributed by atoms with Crippen molar-refractivity contribution >= 4 is 49.0 Å². The Hall–Kier alpha value is -3.11. The van der Waals surface area contributed by atoms with E-state index in [1.54, 1.807) is 6.07 Å². The van der Waals surface area contributed by atoms with Crippen LogP contribution < -0.4 is 14.2 Å². The first kappa shape index (κ1) is 29.9. The van der Waals surface area contributed by atoms with Crippen LogP contribution in [0.2, 0.25) is 0 Å². The van der Waals surface area contributed by atoms with Crippen molar-refractivity contribution in [3.63, 3.8) is 0 Å². The number of hydrogen-bond donors (Lipinski definition) is 1. The lowest BCUT2D eigenvalue weighted by Gasteiger charge is -2.22. The van der Waals surface area contributed by atoms with Gasteiger partial charge in [-0.2, -0.15) is 0 Å². The van der Waals surface area contributed by atoms with Gasteiger partial charge in [0, 0.05) is 17.7 Å². The predicted molar refractivity (Wildman–Crippen MR) is 162 cm³/mol. The number of aromatic nitrogens is 3. The second-order valence-corrected chi connectivity index (χ2v) is 11.2. The van der Waals surface area contributed by atoms with Gasteiger partial charge in [-0.1, -0.05) is 32.4 Å². The van der Waals surface area contributed by atoms with Crippen molar-refractivity contribution in [3.05, 3.63) is 73.0 Å². The maximum atomic E-state index is 12.5. The molecule has 2 heterocycles. The molecule has 0 radical (unpaired) electrons. The number of hydrogen-bond acceptors (Lipinski definition) is 6. The number of methoxy groups -OCH3 is 2. The summed E-state index contributed by atoms with van der Waals surface area (Å²) in [6, 6.07) is 9.64. The first-order valence-corrected chi connectivity index (χ1v) is 14.7. The van der Waals surface area contributed by atoms with E-state index in [0.717, 1.165) is 58.6 Å². The van der Waals surface area contributed by atoms with Crippen molar-refractivity contribution in [2.24, 2.45) is 0 Å². The molecule has 1 N–H and O–H groups in total. The van der Waals surface area contributed by atoms with Crippen LogP contribution in [0.1, 0.15) is 60.1 Å². The average molecular weight is 675 g/mol. The normalized spacial score (nSPS) is 12.0. The third kappa shape index (κ3) is 5.83. The lowest BCUT2D eigenvalue weighted by Crippen LogP contribution is -2.20. The molecule has 0 saturated heterocycles. The van der Waals surface area contributed by atoms with Crippen LogP contribution >= 0.6 is 31.9 Å². The lowest BCUT2D eigenvalue weighted by molar-refractivity contribution is -0.145. The summed E-state index contributed by atoms with van der Waals surface area (Å²) in [6.07, 6.45) is 1.10. The largest absolute Gasteiger partial charge is 0.492 e. The van der Waals surface area contributed by atoms with Crippen molar-refractivity contribution < 1.29 is 24.1 Å². The van der Waals surface area contributed by atoms with E-state index in [9.17, 15) is 9.90 Å². The number of aliphatic carboxylic acids is 1. The van der Waals surface area contributed by atoms with Gasteiger partial charge in [0.2, 0.25) is 6.10 Å². The van der Waals surface area contributed by atoms with Crippen LogP contribution in [0.15, 0.2) is 39.3 Å². The molecule has 10 heteroatoms. The van der Waals surface area contributed by atoms with Gasteiger partial charge in [-0.3, -0.25) is 0 Å². The van der Waals surface area contributed by atoms with Crippen molar-refractivity contribution in [1.82, 2.24) is 14.5 Å². The van der Waals surface area contributed by atoms with Crippen LogP contribution in [0, 0.1) is 13.8 Å². The fraction of sp³-hybridized carbons (Fsp3) is 0.367. The zero-order chi connectivity index (χ0) is 29.1. The van der Waals surface area contributed by atoms with E-state index < -0.39 is 12.1 Å². The maximum absolute atomic E-state index is 12.5. The van der Waals surface area contributed by atoms with E-state index >= 15 is 0 Å². The van der Waals surface area contributed by atoms with Gasteiger partial charge >= 0.3 is 5.97 Å². The molecule has 1 atom stereocenters. The van der Waals surface area contributed by atoms with Crippen LogP contribution in [0.3, 0.4) is 0 Å².